The molecule has 0 fully saturated rings. The van der Waals surface area contributed by atoms with Crippen molar-refractivity contribution in [2.24, 2.45) is 0 Å². The zero-order chi connectivity index (χ0) is 11.4. The van der Waals surface area contributed by atoms with Gasteiger partial charge in [0.1, 0.15) is 5.75 Å². The summed E-state index contributed by atoms with van der Waals surface area (Å²) in [4.78, 5) is 4.36. The minimum atomic E-state index is 0.876. The summed E-state index contributed by atoms with van der Waals surface area (Å²) in [6.07, 6.45) is 3.90. The van der Waals surface area contributed by atoms with Crippen LogP contribution in [0.2, 0.25) is 0 Å². The predicted molar refractivity (Wildman–Crippen MR) is 68.0 cm³/mol. The Balaban J connectivity index is 2.42. The number of pyridine rings is 1. The Morgan fingerprint density at radius 1 is 1.12 bits per heavy atom. The van der Waals surface area contributed by atoms with Gasteiger partial charge in [-0.1, -0.05) is 24.3 Å². The highest BCUT2D eigenvalue weighted by Crippen LogP contribution is 2.29. The molecule has 0 amide bonds. The average molecular weight is 231 g/mol. The Morgan fingerprint density at radius 2 is 1.94 bits per heavy atom. The van der Waals surface area contributed by atoms with E-state index in [-0.39, 0.29) is 0 Å². The molecule has 1 heterocycles. The molecule has 0 spiro atoms. The molecule has 0 bridgehead atoms. The normalized spacial score (nSPS) is 10.1. The lowest BCUT2D eigenvalue weighted by Crippen LogP contribution is -1.88. The molecule has 1 aromatic carbocycles. The Morgan fingerprint density at radius 3 is 2.56 bits per heavy atom. The molecule has 0 saturated carbocycles. The highest BCUT2D eigenvalue weighted by Gasteiger charge is 2.04. The number of hydrogen-bond acceptors (Lipinski definition) is 3. The van der Waals surface area contributed by atoms with Crippen LogP contribution >= 0.6 is 11.8 Å². The quantitative estimate of drug-likeness (QED) is 0.755. The first-order valence-electron chi connectivity index (χ1n) is 4.98. The molecule has 0 aliphatic rings. The van der Waals surface area contributed by atoms with Gasteiger partial charge >= 0.3 is 0 Å². The van der Waals surface area contributed by atoms with Crippen molar-refractivity contribution in [3.63, 3.8) is 0 Å². The van der Waals surface area contributed by atoms with Gasteiger partial charge in [0.25, 0.3) is 0 Å². The average Bonchev–Trinajstić information content (AvgIpc) is 2.39. The summed E-state index contributed by atoms with van der Waals surface area (Å²) in [5.74, 6) is 0.876. The van der Waals surface area contributed by atoms with E-state index in [1.54, 1.807) is 18.9 Å². The van der Waals surface area contributed by atoms with Crippen LogP contribution in [-0.4, -0.2) is 18.3 Å². The summed E-state index contributed by atoms with van der Waals surface area (Å²) >= 11 is 1.64. The van der Waals surface area contributed by atoms with Crippen molar-refractivity contribution in [3.8, 4) is 16.9 Å². The molecule has 0 aliphatic carbocycles. The van der Waals surface area contributed by atoms with Crippen LogP contribution in [0.3, 0.4) is 0 Å². The summed E-state index contributed by atoms with van der Waals surface area (Å²) in [6, 6.07) is 12.0. The third-order valence-electron chi connectivity index (χ3n) is 2.36. The molecule has 82 valence electrons. The molecule has 3 heteroatoms. The standard InChI is InChI=1S/C13H13NOS/c1-15-12-6-4-3-5-11(12)10-7-8-13(16-2)14-9-10/h3-9H,1-2H3. The number of thioether (sulfide) groups is 1. The number of benzene rings is 1. The van der Waals surface area contributed by atoms with E-state index in [9.17, 15) is 0 Å². The summed E-state index contributed by atoms with van der Waals surface area (Å²) in [7, 11) is 1.68. The molecule has 16 heavy (non-hydrogen) atoms. The van der Waals surface area contributed by atoms with Gasteiger partial charge in [0.2, 0.25) is 0 Å². The monoisotopic (exact) mass is 231 g/mol. The predicted octanol–water partition coefficient (Wildman–Crippen LogP) is 3.48. The van der Waals surface area contributed by atoms with E-state index >= 15 is 0 Å². The lowest BCUT2D eigenvalue weighted by Gasteiger charge is -2.07. The minimum absolute atomic E-state index is 0.876. The van der Waals surface area contributed by atoms with Crippen LogP contribution in [0.5, 0.6) is 5.75 Å². The summed E-state index contributed by atoms with van der Waals surface area (Å²) in [5.41, 5.74) is 2.15. The molecule has 2 rings (SSSR count). The maximum absolute atomic E-state index is 5.32. The van der Waals surface area contributed by atoms with Crippen LogP contribution in [0.15, 0.2) is 47.6 Å². The third kappa shape index (κ3) is 2.19. The zero-order valence-corrected chi connectivity index (χ0v) is 10.1. The molecule has 0 aliphatic heterocycles. The van der Waals surface area contributed by atoms with E-state index in [2.05, 4.69) is 11.1 Å². The SMILES string of the molecule is COc1ccccc1-c1ccc(SC)nc1. The first-order valence-corrected chi connectivity index (χ1v) is 6.21. The zero-order valence-electron chi connectivity index (χ0n) is 9.31. The van der Waals surface area contributed by atoms with E-state index in [1.165, 1.54) is 0 Å². The van der Waals surface area contributed by atoms with E-state index in [4.69, 9.17) is 4.74 Å². The fraction of sp³-hybridized carbons (Fsp3) is 0.154. The number of methoxy groups -OCH3 is 1. The van der Waals surface area contributed by atoms with Gasteiger partial charge in [-0.25, -0.2) is 4.98 Å². The Kier molecular flexibility index (Phi) is 3.47. The van der Waals surface area contributed by atoms with Crippen LogP contribution in [0.4, 0.5) is 0 Å². The molecule has 0 saturated heterocycles. The van der Waals surface area contributed by atoms with Crippen LogP contribution in [0.25, 0.3) is 11.1 Å². The maximum Gasteiger partial charge on any atom is 0.126 e. The number of hydrogen-bond donors (Lipinski definition) is 0. The van der Waals surface area contributed by atoms with Gasteiger partial charge in [-0.15, -0.1) is 11.8 Å². The van der Waals surface area contributed by atoms with Gasteiger partial charge in [-0.3, -0.25) is 0 Å². The van der Waals surface area contributed by atoms with Crippen LogP contribution in [0.1, 0.15) is 0 Å². The van der Waals surface area contributed by atoms with Crippen molar-refractivity contribution in [2.75, 3.05) is 13.4 Å². The van der Waals surface area contributed by atoms with E-state index in [0.717, 1.165) is 21.9 Å². The van der Waals surface area contributed by atoms with Crippen LogP contribution in [0, 0.1) is 0 Å². The van der Waals surface area contributed by atoms with Crippen molar-refractivity contribution < 1.29 is 4.74 Å². The Bertz CT molecular complexity index is 468. The molecule has 0 atom stereocenters. The summed E-state index contributed by atoms with van der Waals surface area (Å²) in [5, 5.41) is 1.03. The summed E-state index contributed by atoms with van der Waals surface area (Å²) < 4.78 is 5.32. The largest absolute Gasteiger partial charge is 0.496 e. The number of aromatic nitrogens is 1. The maximum atomic E-state index is 5.32. The molecule has 0 N–H and O–H groups in total. The Hall–Kier alpha value is -1.48. The number of rotatable bonds is 3. The third-order valence-corrected chi connectivity index (χ3v) is 3.02. The molecule has 0 unspecified atom stereocenters. The number of nitrogens with zero attached hydrogens (tertiary/aromatic N) is 1. The summed E-state index contributed by atoms with van der Waals surface area (Å²) in [6.45, 7) is 0. The smallest absolute Gasteiger partial charge is 0.126 e. The lowest BCUT2D eigenvalue weighted by molar-refractivity contribution is 0.416. The Labute approximate surface area is 99.7 Å². The number of ether oxygens (including phenoxy) is 1. The van der Waals surface area contributed by atoms with Gasteiger partial charge in [0.15, 0.2) is 0 Å². The van der Waals surface area contributed by atoms with Gasteiger partial charge in [-0.05, 0) is 18.4 Å². The fourth-order valence-electron chi connectivity index (χ4n) is 1.54. The fourth-order valence-corrected chi connectivity index (χ4v) is 1.91. The van der Waals surface area contributed by atoms with Crippen LogP contribution in [-0.2, 0) is 0 Å². The van der Waals surface area contributed by atoms with Crippen molar-refractivity contribution in [2.45, 2.75) is 5.03 Å². The van der Waals surface area contributed by atoms with E-state index < -0.39 is 0 Å². The highest BCUT2D eigenvalue weighted by molar-refractivity contribution is 7.98. The van der Waals surface area contributed by atoms with E-state index in [1.807, 2.05) is 42.8 Å². The molecular weight excluding hydrogens is 218 g/mol. The van der Waals surface area contributed by atoms with E-state index in [0.29, 0.717) is 0 Å². The molecule has 2 nitrogen and oxygen atoms in total. The van der Waals surface area contributed by atoms with Gasteiger partial charge in [0, 0.05) is 17.3 Å². The van der Waals surface area contributed by atoms with Crippen molar-refractivity contribution in [1.29, 1.82) is 0 Å². The second kappa shape index (κ2) is 5.03. The van der Waals surface area contributed by atoms with Crippen LogP contribution < -0.4 is 4.74 Å². The molecular formula is C13H13NOS. The molecule has 0 radical (unpaired) electrons. The first kappa shape index (κ1) is 11.0. The number of para-hydroxylation sites is 1. The van der Waals surface area contributed by atoms with Crippen molar-refractivity contribution in [1.82, 2.24) is 4.98 Å². The topological polar surface area (TPSA) is 22.1 Å². The first-order chi connectivity index (χ1) is 7.85. The lowest BCUT2D eigenvalue weighted by atomic mass is 10.1. The second-order valence-electron chi connectivity index (χ2n) is 3.29. The minimum Gasteiger partial charge on any atom is -0.496 e. The van der Waals surface area contributed by atoms with Crippen molar-refractivity contribution >= 4 is 11.8 Å². The molecule has 2 aromatic rings. The second-order valence-corrected chi connectivity index (χ2v) is 4.12. The van der Waals surface area contributed by atoms with Crippen molar-refractivity contribution in [3.05, 3.63) is 42.6 Å². The van der Waals surface area contributed by atoms with Gasteiger partial charge < -0.3 is 4.74 Å². The highest BCUT2D eigenvalue weighted by atomic mass is 32.2. The molecule has 1 aromatic heterocycles. The van der Waals surface area contributed by atoms with Gasteiger partial charge in [-0.2, -0.15) is 0 Å². The van der Waals surface area contributed by atoms with Gasteiger partial charge in [0.05, 0.1) is 12.1 Å².